The van der Waals surface area contributed by atoms with Crippen LogP contribution in [0.5, 0.6) is 0 Å². The highest BCUT2D eigenvalue weighted by Gasteiger charge is 2.02. The van der Waals surface area contributed by atoms with Gasteiger partial charge in [-0.05, 0) is 31.5 Å². The first kappa shape index (κ1) is 11.1. The summed E-state index contributed by atoms with van der Waals surface area (Å²) in [5.41, 5.74) is 3.36. The van der Waals surface area contributed by atoms with Gasteiger partial charge in [-0.3, -0.25) is 0 Å². The van der Waals surface area contributed by atoms with Crippen molar-refractivity contribution in [3.8, 4) is 0 Å². The van der Waals surface area contributed by atoms with Gasteiger partial charge in [-0.15, -0.1) is 0 Å². The molecule has 0 amide bonds. The van der Waals surface area contributed by atoms with Crippen LogP contribution >= 0.6 is 0 Å². The van der Waals surface area contributed by atoms with Gasteiger partial charge in [-0.1, -0.05) is 19.9 Å². The van der Waals surface area contributed by atoms with E-state index in [9.17, 15) is 0 Å². The van der Waals surface area contributed by atoms with Crippen LogP contribution in [0.4, 0.5) is 0 Å². The summed E-state index contributed by atoms with van der Waals surface area (Å²) >= 11 is 0. The normalized spacial score (nSPS) is 11.5. The van der Waals surface area contributed by atoms with Crippen molar-refractivity contribution in [3.05, 3.63) is 35.8 Å². The second kappa shape index (κ2) is 4.66. The van der Waals surface area contributed by atoms with Crippen LogP contribution in [-0.4, -0.2) is 15.9 Å². The van der Waals surface area contributed by atoms with E-state index in [2.05, 4.69) is 47.7 Å². The molecule has 3 heteroatoms. The smallest absolute Gasteiger partial charge is 0.137 e. The highest BCUT2D eigenvalue weighted by Crippen LogP contribution is 2.08. The molecule has 0 spiro atoms. The maximum Gasteiger partial charge on any atom is 0.137 e. The van der Waals surface area contributed by atoms with Gasteiger partial charge in [0.25, 0.3) is 0 Å². The highest BCUT2D eigenvalue weighted by molar-refractivity contribution is 5.41. The average molecular weight is 217 g/mol. The Bertz CT molecular complexity index is 471. The topological polar surface area (TPSA) is 29.3 Å². The molecule has 0 atom stereocenters. The number of rotatable bonds is 4. The van der Waals surface area contributed by atoms with Gasteiger partial charge in [0, 0.05) is 18.4 Å². The van der Waals surface area contributed by atoms with Gasteiger partial charge < -0.3 is 9.72 Å². The van der Waals surface area contributed by atoms with Crippen LogP contribution < -0.4 is 5.32 Å². The molecule has 0 aliphatic carbocycles. The molecule has 3 nitrogen and oxygen atoms in total. The van der Waals surface area contributed by atoms with E-state index in [4.69, 9.17) is 0 Å². The quantitative estimate of drug-likeness (QED) is 0.852. The average Bonchev–Trinajstić information content (AvgIpc) is 2.61. The lowest BCUT2D eigenvalue weighted by Gasteiger charge is -2.04. The van der Waals surface area contributed by atoms with Crippen molar-refractivity contribution in [2.75, 3.05) is 6.54 Å². The number of fused-ring (bicyclic) bond motifs is 1. The fourth-order valence-electron chi connectivity index (χ4n) is 1.77. The predicted molar refractivity (Wildman–Crippen MR) is 66.5 cm³/mol. The van der Waals surface area contributed by atoms with E-state index in [0.29, 0.717) is 5.92 Å². The zero-order valence-corrected chi connectivity index (χ0v) is 10.2. The van der Waals surface area contributed by atoms with E-state index in [1.807, 2.05) is 12.1 Å². The van der Waals surface area contributed by atoms with Gasteiger partial charge >= 0.3 is 0 Å². The van der Waals surface area contributed by atoms with Gasteiger partial charge in [0.1, 0.15) is 5.65 Å². The Hall–Kier alpha value is -1.35. The number of hydrogen-bond acceptors (Lipinski definition) is 2. The SMILES string of the molecule is Cc1cccc2nc(CNCC(C)C)cn12. The maximum atomic E-state index is 4.57. The molecule has 0 aromatic carbocycles. The van der Waals surface area contributed by atoms with E-state index >= 15 is 0 Å². The van der Waals surface area contributed by atoms with Gasteiger partial charge in [0.05, 0.1) is 5.69 Å². The molecular weight excluding hydrogens is 198 g/mol. The van der Waals surface area contributed by atoms with Crippen molar-refractivity contribution in [1.82, 2.24) is 14.7 Å². The summed E-state index contributed by atoms with van der Waals surface area (Å²) in [6.45, 7) is 8.40. The first-order valence-corrected chi connectivity index (χ1v) is 5.81. The Morgan fingerprint density at radius 1 is 1.38 bits per heavy atom. The lowest BCUT2D eigenvalue weighted by Crippen LogP contribution is -2.19. The maximum absolute atomic E-state index is 4.57. The molecule has 2 aromatic rings. The Balaban J connectivity index is 2.11. The molecule has 0 radical (unpaired) electrons. The fraction of sp³-hybridized carbons (Fsp3) is 0.462. The first-order valence-electron chi connectivity index (χ1n) is 5.81. The van der Waals surface area contributed by atoms with Crippen LogP contribution in [-0.2, 0) is 6.54 Å². The Morgan fingerprint density at radius 3 is 2.88 bits per heavy atom. The second-order valence-electron chi connectivity index (χ2n) is 4.65. The largest absolute Gasteiger partial charge is 0.311 e. The summed E-state index contributed by atoms with van der Waals surface area (Å²) in [5.74, 6) is 0.679. The van der Waals surface area contributed by atoms with Crippen LogP contribution in [0.25, 0.3) is 5.65 Å². The molecule has 0 unspecified atom stereocenters. The third kappa shape index (κ3) is 2.42. The highest BCUT2D eigenvalue weighted by atomic mass is 15.0. The van der Waals surface area contributed by atoms with Crippen molar-refractivity contribution in [3.63, 3.8) is 0 Å². The summed E-state index contributed by atoms with van der Waals surface area (Å²) in [4.78, 5) is 4.57. The number of nitrogens with one attached hydrogen (secondary N) is 1. The first-order chi connectivity index (χ1) is 7.66. The zero-order chi connectivity index (χ0) is 11.5. The number of imidazole rings is 1. The molecule has 2 aromatic heterocycles. The molecule has 86 valence electrons. The number of hydrogen-bond donors (Lipinski definition) is 1. The molecule has 0 bridgehead atoms. The minimum absolute atomic E-state index is 0.679. The van der Waals surface area contributed by atoms with Crippen molar-refractivity contribution < 1.29 is 0 Å². The van der Waals surface area contributed by atoms with Crippen LogP contribution in [0.15, 0.2) is 24.4 Å². The second-order valence-corrected chi connectivity index (χ2v) is 4.65. The van der Waals surface area contributed by atoms with E-state index in [1.165, 1.54) is 5.69 Å². The van der Waals surface area contributed by atoms with E-state index in [-0.39, 0.29) is 0 Å². The zero-order valence-electron chi connectivity index (χ0n) is 10.2. The standard InChI is InChI=1S/C13H19N3/c1-10(2)7-14-8-12-9-16-11(3)5-4-6-13(16)15-12/h4-6,9-10,14H,7-8H2,1-3H3. The Morgan fingerprint density at radius 2 is 2.19 bits per heavy atom. The molecule has 0 aliphatic heterocycles. The molecule has 2 rings (SSSR count). The number of pyridine rings is 1. The fourth-order valence-corrected chi connectivity index (χ4v) is 1.77. The minimum atomic E-state index is 0.679. The Kier molecular flexibility index (Phi) is 3.25. The summed E-state index contributed by atoms with van der Waals surface area (Å²) in [5, 5.41) is 3.41. The van der Waals surface area contributed by atoms with Crippen molar-refractivity contribution in [1.29, 1.82) is 0 Å². The van der Waals surface area contributed by atoms with Gasteiger partial charge in [0.15, 0.2) is 0 Å². The van der Waals surface area contributed by atoms with Crippen molar-refractivity contribution in [2.24, 2.45) is 5.92 Å². The summed E-state index contributed by atoms with van der Waals surface area (Å²) in [6.07, 6.45) is 2.11. The number of aryl methyl sites for hydroxylation is 1. The third-order valence-corrected chi connectivity index (χ3v) is 2.60. The Labute approximate surface area is 96.5 Å². The number of aromatic nitrogens is 2. The van der Waals surface area contributed by atoms with Gasteiger partial charge in [0.2, 0.25) is 0 Å². The number of nitrogens with zero attached hydrogens (tertiary/aromatic N) is 2. The molecule has 1 N–H and O–H groups in total. The van der Waals surface area contributed by atoms with Crippen LogP contribution in [0.1, 0.15) is 25.2 Å². The molecule has 2 heterocycles. The van der Waals surface area contributed by atoms with Crippen LogP contribution in [0.3, 0.4) is 0 Å². The third-order valence-electron chi connectivity index (χ3n) is 2.60. The molecule has 0 saturated heterocycles. The predicted octanol–water partition coefficient (Wildman–Crippen LogP) is 2.39. The molecule has 0 aliphatic rings. The minimum Gasteiger partial charge on any atom is -0.311 e. The monoisotopic (exact) mass is 217 g/mol. The lowest BCUT2D eigenvalue weighted by atomic mass is 10.2. The molecule has 16 heavy (non-hydrogen) atoms. The van der Waals surface area contributed by atoms with Crippen LogP contribution in [0, 0.1) is 12.8 Å². The van der Waals surface area contributed by atoms with Crippen molar-refractivity contribution in [2.45, 2.75) is 27.3 Å². The summed E-state index contributed by atoms with van der Waals surface area (Å²) < 4.78 is 2.13. The van der Waals surface area contributed by atoms with E-state index in [0.717, 1.165) is 24.4 Å². The van der Waals surface area contributed by atoms with E-state index < -0.39 is 0 Å². The summed E-state index contributed by atoms with van der Waals surface area (Å²) in [6, 6.07) is 6.18. The summed E-state index contributed by atoms with van der Waals surface area (Å²) in [7, 11) is 0. The van der Waals surface area contributed by atoms with Crippen molar-refractivity contribution >= 4 is 5.65 Å². The van der Waals surface area contributed by atoms with Gasteiger partial charge in [-0.2, -0.15) is 0 Å². The van der Waals surface area contributed by atoms with Crippen LogP contribution in [0.2, 0.25) is 0 Å². The molecular formula is C13H19N3. The molecule has 0 fully saturated rings. The molecule has 0 saturated carbocycles. The van der Waals surface area contributed by atoms with Gasteiger partial charge in [-0.25, -0.2) is 4.98 Å². The van der Waals surface area contributed by atoms with E-state index in [1.54, 1.807) is 0 Å². The lowest BCUT2D eigenvalue weighted by molar-refractivity contribution is 0.549.